The molecule has 0 unspecified atom stereocenters. The second-order valence-corrected chi connectivity index (χ2v) is 11.6. The zero-order valence-corrected chi connectivity index (χ0v) is 24.7. The summed E-state index contributed by atoms with van der Waals surface area (Å²) in [6.45, 7) is 4.76. The number of H-pyrrole nitrogens is 1. The fraction of sp³-hybridized carbons (Fsp3) is 0.111. The molecule has 216 valence electrons. The van der Waals surface area contributed by atoms with Crippen LogP contribution in [0.1, 0.15) is 13.8 Å². The van der Waals surface area contributed by atoms with Crippen molar-refractivity contribution < 1.29 is 0 Å². The van der Waals surface area contributed by atoms with E-state index in [4.69, 9.17) is 29.9 Å². The molecule has 2 aliphatic heterocycles. The summed E-state index contributed by atoms with van der Waals surface area (Å²) in [5.41, 5.74) is 6.63. The van der Waals surface area contributed by atoms with Crippen LogP contribution in [0.2, 0.25) is 0 Å². The van der Waals surface area contributed by atoms with Crippen LogP contribution in [-0.4, -0.2) is 45.5 Å². The quantitative estimate of drug-likeness (QED) is 0.224. The van der Waals surface area contributed by atoms with Crippen LogP contribution in [0.4, 0.5) is 0 Å². The van der Waals surface area contributed by atoms with Gasteiger partial charge >= 0.3 is 0 Å². The van der Waals surface area contributed by atoms with Crippen LogP contribution in [0, 0.1) is 0 Å². The summed E-state index contributed by atoms with van der Waals surface area (Å²) >= 11 is 0. The van der Waals surface area contributed by atoms with Crippen molar-refractivity contribution in [3.63, 3.8) is 0 Å². The van der Waals surface area contributed by atoms with Gasteiger partial charge in [0.15, 0.2) is 23.3 Å². The summed E-state index contributed by atoms with van der Waals surface area (Å²) in [6.07, 6.45) is 0. The Morgan fingerprint density at radius 3 is 1.31 bits per heavy atom. The summed E-state index contributed by atoms with van der Waals surface area (Å²) < 4.78 is 2.13. The summed E-state index contributed by atoms with van der Waals surface area (Å²) in [5.74, 6) is 2.41. The Hall–Kier alpha value is -5.80. The third-order valence-corrected chi connectivity index (χ3v) is 8.35. The molecule has 0 atom stereocenters. The highest BCUT2D eigenvalue weighted by Crippen LogP contribution is 2.37. The molecule has 2 aliphatic rings. The Labute approximate surface area is 257 Å². The summed E-state index contributed by atoms with van der Waals surface area (Å²) in [6, 6.07) is 32.8. The number of nitrogens with one attached hydrogen (secondary N) is 2. The molecule has 8 bridgehead atoms. The molecule has 0 amide bonds. The second-order valence-electron chi connectivity index (χ2n) is 11.6. The van der Waals surface area contributed by atoms with E-state index in [2.05, 4.69) is 53.0 Å². The summed E-state index contributed by atoms with van der Waals surface area (Å²) in [5, 5.41) is 7.46. The van der Waals surface area contributed by atoms with Crippen molar-refractivity contribution >= 4 is 44.1 Å². The van der Waals surface area contributed by atoms with Gasteiger partial charge in [0.1, 0.15) is 22.6 Å². The van der Waals surface area contributed by atoms with Gasteiger partial charge in [0.25, 0.3) is 0 Å². The van der Waals surface area contributed by atoms with Gasteiger partial charge < -0.3 is 4.98 Å². The van der Waals surface area contributed by atoms with Crippen LogP contribution in [0.5, 0.6) is 0 Å². The van der Waals surface area contributed by atoms with E-state index in [0.717, 1.165) is 55.1 Å². The molecule has 0 radical (unpaired) electrons. The molecule has 9 nitrogen and oxygen atoms in total. The molecule has 3 aromatic heterocycles. The van der Waals surface area contributed by atoms with E-state index in [9.17, 15) is 0 Å². The monoisotopic (exact) mass is 585 g/mol. The lowest BCUT2D eigenvalue weighted by Crippen LogP contribution is -2.25. The molecule has 2 N–H and O–H groups in total. The van der Waals surface area contributed by atoms with Gasteiger partial charge in [0.2, 0.25) is 0 Å². The minimum Gasteiger partial charge on any atom is -0.324 e. The Morgan fingerprint density at radius 2 is 0.889 bits per heavy atom. The van der Waals surface area contributed by atoms with E-state index in [1.54, 1.807) is 0 Å². The van der Waals surface area contributed by atoms with Crippen molar-refractivity contribution in [2.45, 2.75) is 26.6 Å². The first kappa shape index (κ1) is 25.7. The van der Waals surface area contributed by atoms with Gasteiger partial charge in [-0.25, -0.2) is 29.9 Å². The SMILES string of the molecule is CC(C)NCn1c2nc3nc(nc4[nH]c(nc5nc(nc1c1ccccc12)-c1ccccc1-5)c1ccccc41)-c1ccccc1-3. The molecule has 0 spiro atoms. The van der Waals surface area contributed by atoms with Crippen molar-refractivity contribution in [3.05, 3.63) is 97.1 Å². The first-order valence-electron chi connectivity index (χ1n) is 15.1. The zero-order chi connectivity index (χ0) is 30.1. The van der Waals surface area contributed by atoms with Gasteiger partial charge in [-0.15, -0.1) is 0 Å². The number of fused-ring (bicyclic) bond motifs is 20. The fourth-order valence-corrected chi connectivity index (χ4v) is 6.19. The number of rotatable bonds is 3. The minimum absolute atomic E-state index is 0.249. The third kappa shape index (κ3) is 4.05. The van der Waals surface area contributed by atoms with Crippen molar-refractivity contribution in [3.8, 4) is 45.6 Å². The Morgan fingerprint density at radius 1 is 0.511 bits per heavy atom. The van der Waals surface area contributed by atoms with Crippen molar-refractivity contribution in [2.75, 3.05) is 0 Å². The van der Waals surface area contributed by atoms with Crippen molar-refractivity contribution in [1.29, 1.82) is 0 Å². The highest BCUT2D eigenvalue weighted by Gasteiger charge is 2.23. The van der Waals surface area contributed by atoms with E-state index < -0.39 is 0 Å². The van der Waals surface area contributed by atoms with Crippen LogP contribution < -0.4 is 5.32 Å². The van der Waals surface area contributed by atoms with Crippen molar-refractivity contribution in [1.82, 2.24) is 44.8 Å². The van der Waals surface area contributed by atoms with Gasteiger partial charge in [0, 0.05) is 49.8 Å². The van der Waals surface area contributed by atoms with Gasteiger partial charge in [-0.2, -0.15) is 0 Å². The lowest BCUT2D eigenvalue weighted by Gasteiger charge is -2.10. The molecule has 9 rings (SSSR count). The second kappa shape index (κ2) is 9.87. The molecule has 0 aliphatic carbocycles. The first-order chi connectivity index (χ1) is 22.1. The van der Waals surface area contributed by atoms with Gasteiger partial charge in [-0.1, -0.05) is 97.1 Å². The molecule has 9 heteroatoms. The lowest BCUT2D eigenvalue weighted by molar-refractivity contribution is 0.513. The van der Waals surface area contributed by atoms with Crippen molar-refractivity contribution in [2.24, 2.45) is 0 Å². The number of hydrogen-bond donors (Lipinski definition) is 2. The Balaban J connectivity index is 1.51. The van der Waals surface area contributed by atoms with Crippen LogP contribution in [0.3, 0.4) is 0 Å². The normalized spacial score (nSPS) is 12.2. The molecular formula is C36H27N9. The molecule has 7 aromatic rings. The highest BCUT2D eigenvalue weighted by atomic mass is 15.2. The van der Waals surface area contributed by atoms with Crippen LogP contribution in [0.15, 0.2) is 97.1 Å². The van der Waals surface area contributed by atoms with E-state index in [1.807, 2.05) is 72.8 Å². The summed E-state index contributed by atoms with van der Waals surface area (Å²) in [4.78, 5) is 34.3. The van der Waals surface area contributed by atoms with E-state index in [1.165, 1.54) is 0 Å². The highest BCUT2D eigenvalue weighted by molar-refractivity contribution is 6.06. The predicted octanol–water partition coefficient (Wildman–Crippen LogP) is 7.30. The maximum absolute atomic E-state index is 5.27. The molecule has 4 aromatic carbocycles. The van der Waals surface area contributed by atoms with E-state index in [0.29, 0.717) is 41.3 Å². The molecule has 5 heterocycles. The van der Waals surface area contributed by atoms with Gasteiger partial charge in [-0.3, -0.25) is 9.88 Å². The minimum atomic E-state index is 0.249. The fourth-order valence-electron chi connectivity index (χ4n) is 6.19. The first-order valence-corrected chi connectivity index (χ1v) is 15.1. The number of aromatic nitrogens is 8. The standard InChI is InChI=1S/C36H27N9/c1-20(2)37-19-45-35-27-17-9-10-18-28(27)36(45)44-34-26-16-8-6-14-24(26)32(42-34)40-30-22-12-4-3-11-21(22)29(38-30)39-31-23-13-5-7-15-25(23)33(41-31)43-35/h3-18,20,37H,19H2,1-2H3,(H,38,39,40,41,42,43,44). The lowest BCUT2D eigenvalue weighted by atomic mass is 10.1. The number of aromatic amines is 1. The van der Waals surface area contributed by atoms with Gasteiger partial charge in [0.05, 0.1) is 6.67 Å². The third-order valence-electron chi connectivity index (χ3n) is 8.35. The topological polar surface area (TPSA) is 110 Å². The summed E-state index contributed by atoms with van der Waals surface area (Å²) in [7, 11) is 0. The van der Waals surface area contributed by atoms with Crippen LogP contribution in [0.25, 0.3) is 89.7 Å². The molecule has 45 heavy (non-hydrogen) atoms. The van der Waals surface area contributed by atoms with Crippen LogP contribution in [-0.2, 0) is 6.67 Å². The largest absolute Gasteiger partial charge is 0.324 e. The predicted molar refractivity (Wildman–Crippen MR) is 178 cm³/mol. The molecule has 0 saturated carbocycles. The molecular weight excluding hydrogens is 558 g/mol. The Kier molecular flexibility index (Phi) is 5.63. The molecule has 0 saturated heterocycles. The van der Waals surface area contributed by atoms with E-state index in [-0.39, 0.29) is 6.04 Å². The van der Waals surface area contributed by atoms with E-state index >= 15 is 0 Å². The van der Waals surface area contributed by atoms with Crippen LogP contribution >= 0.6 is 0 Å². The maximum Gasteiger partial charge on any atom is 0.164 e. The maximum atomic E-state index is 5.27. The zero-order valence-electron chi connectivity index (χ0n) is 24.7. The Bertz CT molecular complexity index is 2330. The number of hydrogen-bond acceptors (Lipinski definition) is 7. The smallest absolute Gasteiger partial charge is 0.164 e. The van der Waals surface area contributed by atoms with Gasteiger partial charge in [-0.05, 0) is 13.8 Å². The number of nitrogens with zero attached hydrogens (tertiary/aromatic N) is 7. The number of benzene rings is 4. The molecule has 0 fully saturated rings. The average molecular weight is 586 g/mol. The average Bonchev–Trinajstić information content (AvgIpc) is 3.78.